The highest BCUT2D eigenvalue weighted by molar-refractivity contribution is 5.68. The summed E-state index contributed by atoms with van der Waals surface area (Å²) in [5.74, 6) is -4.76. The number of halogens is 5. The first kappa shape index (κ1) is 19.6. The lowest BCUT2D eigenvalue weighted by atomic mass is 9.78. The Kier molecular flexibility index (Phi) is 5.15. The molecule has 3 aromatic rings. The van der Waals surface area contributed by atoms with Crippen molar-refractivity contribution < 1.29 is 22.0 Å². The minimum Gasteiger partial charge on any atom is -0.207 e. The topological polar surface area (TPSA) is 0 Å². The maximum atomic E-state index is 15.1. The molecule has 0 radical (unpaired) electrons. The fourth-order valence-electron chi connectivity index (χ4n) is 4.18. The second kappa shape index (κ2) is 7.62. The SMILES string of the molecule is CCc1ccc(C2CCc3c(cc(F)c(-c4cccc(F)c4F)c3F)C2)c(F)c1. The zero-order valence-corrected chi connectivity index (χ0v) is 15.8. The van der Waals surface area contributed by atoms with Crippen LogP contribution in [0, 0.1) is 29.1 Å². The average Bonchev–Trinajstić information content (AvgIpc) is 2.70. The molecule has 0 heterocycles. The molecule has 0 nitrogen and oxygen atoms in total. The van der Waals surface area contributed by atoms with Gasteiger partial charge in [0.25, 0.3) is 0 Å². The number of hydrogen-bond donors (Lipinski definition) is 0. The Bertz CT molecular complexity index is 1090. The van der Waals surface area contributed by atoms with Crippen molar-refractivity contribution in [3.63, 3.8) is 0 Å². The molecule has 0 N–H and O–H groups in total. The van der Waals surface area contributed by atoms with Crippen LogP contribution in [0.5, 0.6) is 0 Å². The summed E-state index contributed by atoms with van der Waals surface area (Å²) in [6, 6.07) is 9.55. The zero-order valence-electron chi connectivity index (χ0n) is 15.8. The summed E-state index contributed by atoms with van der Waals surface area (Å²) in [6.45, 7) is 1.94. The third kappa shape index (κ3) is 3.43. The van der Waals surface area contributed by atoms with Gasteiger partial charge in [-0.15, -0.1) is 0 Å². The van der Waals surface area contributed by atoms with Gasteiger partial charge in [0.1, 0.15) is 17.5 Å². The summed E-state index contributed by atoms with van der Waals surface area (Å²) in [4.78, 5) is 0. The molecule has 1 aliphatic rings. The zero-order chi connectivity index (χ0) is 20.7. The van der Waals surface area contributed by atoms with E-state index in [4.69, 9.17) is 0 Å². The summed E-state index contributed by atoms with van der Waals surface area (Å²) < 4.78 is 72.0. The van der Waals surface area contributed by atoms with E-state index < -0.39 is 34.4 Å². The predicted molar refractivity (Wildman–Crippen MR) is 102 cm³/mol. The molecule has 150 valence electrons. The Morgan fingerprint density at radius 2 is 1.66 bits per heavy atom. The van der Waals surface area contributed by atoms with E-state index in [1.54, 1.807) is 6.07 Å². The third-order valence-electron chi connectivity index (χ3n) is 5.75. The van der Waals surface area contributed by atoms with Crippen LogP contribution in [-0.2, 0) is 19.3 Å². The second-order valence-electron chi connectivity index (χ2n) is 7.44. The average molecular weight is 402 g/mol. The van der Waals surface area contributed by atoms with Crippen molar-refractivity contribution in [2.45, 2.75) is 38.5 Å². The maximum Gasteiger partial charge on any atom is 0.166 e. The molecule has 0 aromatic heterocycles. The summed E-state index contributed by atoms with van der Waals surface area (Å²) in [7, 11) is 0. The Labute approximate surface area is 166 Å². The standard InChI is InChI=1S/C24H19F5/c1-2-13-6-8-16(20(26)10-13)14-7-9-17-15(11-14)12-21(27)22(24(17)29)18-4-3-5-19(25)23(18)28/h3-6,8,10,12,14H,2,7,9,11H2,1H3. The fourth-order valence-corrected chi connectivity index (χ4v) is 4.18. The third-order valence-corrected chi connectivity index (χ3v) is 5.75. The summed E-state index contributed by atoms with van der Waals surface area (Å²) >= 11 is 0. The van der Waals surface area contributed by atoms with Crippen molar-refractivity contribution in [1.82, 2.24) is 0 Å². The van der Waals surface area contributed by atoms with Crippen LogP contribution in [0.4, 0.5) is 22.0 Å². The number of rotatable bonds is 3. The number of hydrogen-bond acceptors (Lipinski definition) is 0. The molecule has 29 heavy (non-hydrogen) atoms. The van der Waals surface area contributed by atoms with Crippen molar-refractivity contribution in [2.75, 3.05) is 0 Å². The van der Waals surface area contributed by atoms with E-state index >= 15 is 4.39 Å². The molecule has 0 spiro atoms. The number of fused-ring (bicyclic) bond motifs is 1. The lowest BCUT2D eigenvalue weighted by Gasteiger charge is -2.27. The van der Waals surface area contributed by atoms with Crippen LogP contribution < -0.4 is 0 Å². The Morgan fingerprint density at radius 3 is 2.38 bits per heavy atom. The lowest BCUT2D eigenvalue weighted by Crippen LogP contribution is -2.17. The Morgan fingerprint density at radius 1 is 0.862 bits per heavy atom. The van der Waals surface area contributed by atoms with Gasteiger partial charge in [-0.05, 0) is 72.1 Å². The molecule has 0 bridgehead atoms. The van der Waals surface area contributed by atoms with Crippen molar-refractivity contribution in [2.24, 2.45) is 0 Å². The van der Waals surface area contributed by atoms with Crippen LogP contribution in [0.2, 0.25) is 0 Å². The number of aryl methyl sites for hydroxylation is 1. The molecule has 1 unspecified atom stereocenters. The van der Waals surface area contributed by atoms with Gasteiger partial charge in [0.2, 0.25) is 0 Å². The van der Waals surface area contributed by atoms with Crippen molar-refractivity contribution >= 4 is 0 Å². The molecule has 0 saturated heterocycles. The van der Waals surface area contributed by atoms with Gasteiger partial charge in [-0.1, -0.05) is 31.2 Å². The van der Waals surface area contributed by atoms with Gasteiger partial charge in [0.05, 0.1) is 5.56 Å². The predicted octanol–water partition coefficient (Wildman–Crippen LogP) is 6.88. The Balaban J connectivity index is 1.73. The first-order valence-corrected chi connectivity index (χ1v) is 9.63. The molecule has 0 saturated carbocycles. The molecular weight excluding hydrogens is 383 g/mol. The first-order chi connectivity index (χ1) is 13.9. The van der Waals surface area contributed by atoms with Crippen molar-refractivity contribution in [3.8, 4) is 11.1 Å². The minimum atomic E-state index is -1.28. The highest BCUT2D eigenvalue weighted by Crippen LogP contribution is 2.39. The van der Waals surface area contributed by atoms with E-state index in [-0.39, 0.29) is 30.1 Å². The monoisotopic (exact) mass is 402 g/mol. The van der Waals surface area contributed by atoms with Gasteiger partial charge in [-0.3, -0.25) is 0 Å². The quantitative estimate of drug-likeness (QED) is 0.419. The molecule has 5 heteroatoms. The Hall–Kier alpha value is -2.69. The lowest BCUT2D eigenvalue weighted by molar-refractivity contribution is 0.499. The van der Waals surface area contributed by atoms with Gasteiger partial charge in [0.15, 0.2) is 11.6 Å². The van der Waals surface area contributed by atoms with E-state index in [0.717, 1.165) is 24.1 Å². The van der Waals surface area contributed by atoms with Crippen LogP contribution in [0.15, 0.2) is 42.5 Å². The van der Waals surface area contributed by atoms with Crippen molar-refractivity contribution in [3.05, 3.63) is 93.8 Å². The van der Waals surface area contributed by atoms with E-state index in [0.29, 0.717) is 17.5 Å². The molecule has 1 atom stereocenters. The van der Waals surface area contributed by atoms with Crippen LogP contribution in [-0.4, -0.2) is 0 Å². The molecule has 4 rings (SSSR count). The molecular formula is C24H19F5. The highest BCUT2D eigenvalue weighted by Gasteiger charge is 2.29. The van der Waals surface area contributed by atoms with Gasteiger partial charge >= 0.3 is 0 Å². The smallest absolute Gasteiger partial charge is 0.166 e. The fraction of sp³-hybridized carbons (Fsp3) is 0.250. The van der Waals surface area contributed by atoms with Crippen molar-refractivity contribution in [1.29, 1.82) is 0 Å². The normalized spacial score (nSPS) is 16.0. The van der Waals surface area contributed by atoms with Gasteiger partial charge < -0.3 is 0 Å². The van der Waals surface area contributed by atoms with Crippen LogP contribution in [0.1, 0.15) is 41.5 Å². The largest absolute Gasteiger partial charge is 0.207 e. The van der Waals surface area contributed by atoms with E-state index in [9.17, 15) is 17.6 Å². The molecule has 0 fully saturated rings. The minimum absolute atomic E-state index is 0.191. The van der Waals surface area contributed by atoms with E-state index in [1.807, 2.05) is 13.0 Å². The summed E-state index contributed by atoms with van der Waals surface area (Å²) in [5, 5.41) is 0. The summed E-state index contributed by atoms with van der Waals surface area (Å²) in [5.41, 5.74) is 1.15. The van der Waals surface area contributed by atoms with Crippen LogP contribution in [0.25, 0.3) is 11.1 Å². The highest BCUT2D eigenvalue weighted by atomic mass is 19.2. The van der Waals surface area contributed by atoms with E-state index in [2.05, 4.69) is 0 Å². The second-order valence-corrected chi connectivity index (χ2v) is 7.44. The summed E-state index contributed by atoms with van der Waals surface area (Å²) in [6.07, 6.45) is 1.77. The molecule has 3 aromatic carbocycles. The van der Waals surface area contributed by atoms with E-state index in [1.165, 1.54) is 18.2 Å². The van der Waals surface area contributed by atoms with Crippen LogP contribution >= 0.6 is 0 Å². The molecule has 1 aliphatic carbocycles. The van der Waals surface area contributed by atoms with Gasteiger partial charge in [0, 0.05) is 5.56 Å². The molecule has 0 aliphatic heterocycles. The van der Waals surface area contributed by atoms with Gasteiger partial charge in [-0.2, -0.15) is 0 Å². The first-order valence-electron chi connectivity index (χ1n) is 9.63. The van der Waals surface area contributed by atoms with Gasteiger partial charge in [-0.25, -0.2) is 22.0 Å². The van der Waals surface area contributed by atoms with Crippen LogP contribution in [0.3, 0.4) is 0 Å². The molecule has 0 amide bonds. The number of benzene rings is 3. The maximum absolute atomic E-state index is 15.1.